The molecule has 0 bridgehead atoms. The average molecular weight is 484 g/mol. The minimum absolute atomic E-state index is 0.146. The minimum atomic E-state index is -4.64. The van der Waals surface area contributed by atoms with Gasteiger partial charge in [0.2, 0.25) is 0 Å². The number of aliphatic carboxylic acids is 1. The van der Waals surface area contributed by atoms with Gasteiger partial charge in [0, 0.05) is 12.8 Å². The zero-order valence-electron chi connectivity index (χ0n) is 18.8. The Hall–Kier alpha value is -1.56. The summed E-state index contributed by atoms with van der Waals surface area (Å²) in [5.41, 5.74) is 5.40. The summed E-state index contributed by atoms with van der Waals surface area (Å²) in [6, 6.07) is -1.22. The number of hydrogen-bond acceptors (Lipinski definition) is 10. The third-order valence-corrected chi connectivity index (χ3v) is 5.22. The quantitative estimate of drug-likeness (QED) is 0.111. The van der Waals surface area contributed by atoms with E-state index in [0.29, 0.717) is 19.4 Å². The van der Waals surface area contributed by atoms with Crippen LogP contribution in [0.2, 0.25) is 0 Å². The number of rotatable bonds is 20. The molecule has 5 N–H and O–H groups in total. The van der Waals surface area contributed by atoms with E-state index >= 15 is 0 Å². The fourth-order valence-corrected chi connectivity index (χ4v) is 3.16. The van der Waals surface area contributed by atoms with Gasteiger partial charge < -0.3 is 30.5 Å². The first-order valence-corrected chi connectivity index (χ1v) is 12.2. The van der Waals surface area contributed by atoms with Crippen molar-refractivity contribution in [3.05, 3.63) is 0 Å². The van der Waals surface area contributed by atoms with Crippen LogP contribution in [0.25, 0.3) is 0 Å². The van der Waals surface area contributed by atoms with Crippen LogP contribution in [0, 0.1) is 0 Å². The maximum Gasteiger partial charge on any atom is 0.472 e. The molecule has 0 aromatic rings. The molecule has 0 fully saturated rings. The smallest absolute Gasteiger partial charge is 0.472 e. The standard InChI is InChI=1S/C19H37N2O10P/c1-3-4-6-10-18(23)31-15(12-28-17(22)9-7-5-8-11-20)13-29-32(26,27)30-14-16(21-2)19(24)25/h15-16,21H,3-14,20H2,1-2H3,(H,24,25)(H,26,27)/t15-,16?/m1/s1. The van der Waals surface area contributed by atoms with Gasteiger partial charge in [0.05, 0.1) is 13.2 Å². The van der Waals surface area contributed by atoms with Gasteiger partial charge in [-0.25, -0.2) is 4.57 Å². The molecule has 0 rings (SSSR count). The third kappa shape index (κ3) is 16.1. The number of carboxylic acid groups (broad SMARTS) is 1. The lowest BCUT2D eigenvalue weighted by molar-refractivity contribution is -0.161. The van der Waals surface area contributed by atoms with Crippen LogP contribution in [0.15, 0.2) is 0 Å². The van der Waals surface area contributed by atoms with E-state index in [0.717, 1.165) is 25.7 Å². The van der Waals surface area contributed by atoms with Crippen molar-refractivity contribution in [3.8, 4) is 0 Å². The number of carboxylic acids is 1. The van der Waals surface area contributed by atoms with E-state index in [9.17, 15) is 23.8 Å². The summed E-state index contributed by atoms with van der Waals surface area (Å²) < 4.78 is 31.8. The SMILES string of the molecule is CCCCCC(=O)O[C@H](COC(=O)CCCCCN)COP(=O)(O)OCC(NC)C(=O)O. The Morgan fingerprint density at radius 2 is 1.59 bits per heavy atom. The highest BCUT2D eigenvalue weighted by Crippen LogP contribution is 2.43. The van der Waals surface area contributed by atoms with Crippen molar-refractivity contribution in [2.75, 3.05) is 33.4 Å². The predicted molar refractivity (Wildman–Crippen MR) is 115 cm³/mol. The van der Waals surface area contributed by atoms with Gasteiger partial charge in [-0.15, -0.1) is 0 Å². The Labute approximate surface area is 188 Å². The van der Waals surface area contributed by atoms with Gasteiger partial charge in [-0.2, -0.15) is 0 Å². The van der Waals surface area contributed by atoms with E-state index < -0.39 is 51.1 Å². The topological polar surface area (TPSA) is 184 Å². The van der Waals surface area contributed by atoms with Crippen molar-refractivity contribution < 1.29 is 47.5 Å². The molecule has 0 saturated carbocycles. The number of unbranched alkanes of at least 4 members (excludes halogenated alkanes) is 4. The Morgan fingerprint density at radius 1 is 0.969 bits per heavy atom. The minimum Gasteiger partial charge on any atom is -0.480 e. The molecule has 3 atom stereocenters. The van der Waals surface area contributed by atoms with Crippen molar-refractivity contribution in [3.63, 3.8) is 0 Å². The molecule has 0 heterocycles. The predicted octanol–water partition coefficient (Wildman–Crippen LogP) is 1.35. The maximum atomic E-state index is 12.0. The van der Waals surface area contributed by atoms with Gasteiger partial charge in [-0.3, -0.25) is 23.4 Å². The van der Waals surface area contributed by atoms with E-state index in [1.807, 2.05) is 6.92 Å². The largest absolute Gasteiger partial charge is 0.480 e. The molecule has 0 spiro atoms. The van der Waals surface area contributed by atoms with Crippen molar-refractivity contribution in [1.29, 1.82) is 0 Å². The van der Waals surface area contributed by atoms with Crippen molar-refractivity contribution >= 4 is 25.7 Å². The van der Waals surface area contributed by atoms with Crippen molar-refractivity contribution in [2.24, 2.45) is 5.73 Å². The van der Waals surface area contributed by atoms with Crippen LogP contribution >= 0.6 is 7.82 Å². The molecule has 0 aliphatic carbocycles. The summed E-state index contributed by atoms with van der Waals surface area (Å²) in [6.07, 6.45) is 3.73. The van der Waals surface area contributed by atoms with Crippen molar-refractivity contribution in [1.82, 2.24) is 5.32 Å². The molecule has 12 nitrogen and oxygen atoms in total. The van der Waals surface area contributed by atoms with Crippen LogP contribution in [0.1, 0.15) is 58.3 Å². The highest BCUT2D eigenvalue weighted by atomic mass is 31.2. The number of esters is 2. The number of phosphoric acid groups is 1. The number of nitrogens with two attached hydrogens (primary N) is 1. The molecule has 188 valence electrons. The number of likely N-dealkylation sites (N-methyl/N-ethyl adjacent to an activating group) is 1. The fourth-order valence-electron chi connectivity index (χ4n) is 2.39. The molecule has 0 saturated heterocycles. The van der Waals surface area contributed by atoms with Crippen LogP contribution in [-0.4, -0.2) is 73.5 Å². The van der Waals surface area contributed by atoms with Gasteiger partial charge in [0.1, 0.15) is 12.6 Å². The first-order chi connectivity index (χ1) is 15.1. The molecule has 32 heavy (non-hydrogen) atoms. The number of carbonyl (C=O) groups excluding carboxylic acids is 2. The normalized spacial score (nSPS) is 14.9. The number of phosphoric ester groups is 1. The molecular weight excluding hydrogens is 447 g/mol. The molecule has 0 radical (unpaired) electrons. The van der Waals surface area contributed by atoms with Gasteiger partial charge in [-0.1, -0.05) is 26.2 Å². The number of hydrogen-bond donors (Lipinski definition) is 4. The average Bonchev–Trinajstić information content (AvgIpc) is 2.73. The van der Waals surface area contributed by atoms with Crippen LogP contribution in [0.4, 0.5) is 0 Å². The lowest BCUT2D eigenvalue weighted by atomic mass is 10.2. The van der Waals surface area contributed by atoms with E-state index in [1.165, 1.54) is 7.05 Å². The number of ether oxygens (including phenoxy) is 2. The Balaban J connectivity index is 4.73. The van der Waals surface area contributed by atoms with Gasteiger partial charge in [0.25, 0.3) is 0 Å². The number of carbonyl (C=O) groups is 3. The van der Waals surface area contributed by atoms with Crippen LogP contribution < -0.4 is 11.1 Å². The molecule has 0 aliphatic heterocycles. The summed E-state index contributed by atoms with van der Waals surface area (Å²) in [5, 5.41) is 11.3. The lowest BCUT2D eigenvalue weighted by Crippen LogP contribution is -2.37. The fraction of sp³-hybridized carbons (Fsp3) is 0.842. The van der Waals surface area contributed by atoms with Crippen LogP contribution in [0.5, 0.6) is 0 Å². The Morgan fingerprint density at radius 3 is 2.19 bits per heavy atom. The van der Waals surface area contributed by atoms with Crippen LogP contribution in [-0.2, 0) is 37.5 Å². The first kappa shape index (κ1) is 30.4. The lowest BCUT2D eigenvalue weighted by Gasteiger charge is -2.20. The van der Waals surface area contributed by atoms with Gasteiger partial charge >= 0.3 is 25.7 Å². The van der Waals surface area contributed by atoms with Crippen molar-refractivity contribution in [2.45, 2.75) is 70.4 Å². The molecule has 13 heteroatoms. The second-order valence-electron chi connectivity index (χ2n) is 7.09. The molecule has 0 aromatic carbocycles. The Kier molecular flexibility index (Phi) is 17.1. The summed E-state index contributed by atoms with van der Waals surface area (Å²) >= 11 is 0. The molecule has 0 aliphatic rings. The second-order valence-corrected chi connectivity index (χ2v) is 8.54. The summed E-state index contributed by atoms with van der Waals surface area (Å²) in [4.78, 5) is 44.6. The second kappa shape index (κ2) is 17.9. The van der Waals surface area contributed by atoms with E-state index in [2.05, 4.69) is 9.84 Å². The molecule has 0 amide bonds. The molecule has 2 unspecified atom stereocenters. The highest BCUT2D eigenvalue weighted by Gasteiger charge is 2.28. The highest BCUT2D eigenvalue weighted by molar-refractivity contribution is 7.47. The summed E-state index contributed by atoms with van der Waals surface area (Å²) in [7, 11) is -3.29. The van der Waals surface area contributed by atoms with E-state index in [4.69, 9.17) is 24.8 Å². The molecule has 0 aromatic heterocycles. The van der Waals surface area contributed by atoms with Crippen LogP contribution in [0.3, 0.4) is 0 Å². The number of nitrogens with one attached hydrogen (secondary N) is 1. The first-order valence-electron chi connectivity index (χ1n) is 10.7. The van der Waals surface area contributed by atoms with E-state index in [1.54, 1.807) is 0 Å². The zero-order valence-corrected chi connectivity index (χ0v) is 19.7. The third-order valence-electron chi connectivity index (χ3n) is 4.27. The zero-order chi connectivity index (χ0) is 24.4. The Bertz CT molecular complexity index is 605. The maximum absolute atomic E-state index is 12.0. The molecular formula is C19H37N2O10P. The summed E-state index contributed by atoms with van der Waals surface area (Å²) in [5.74, 6) is -2.33. The summed E-state index contributed by atoms with van der Waals surface area (Å²) in [6.45, 7) is 0.956. The van der Waals surface area contributed by atoms with Gasteiger partial charge in [0.15, 0.2) is 6.10 Å². The monoisotopic (exact) mass is 484 g/mol. The van der Waals surface area contributed by atoms with E-state index in [-0.39, 0.29) is 19.4 Å². The van der Waals surface area contributed by atoms with Gasteiger partial charge in [-0.05, 0) is 32.9 Å².